The summed E-state index contributed by atoms with van der Waals surface area (Å²) in [7, 11) is -2.83. The van der Waals surface area contributed by atoms with Gasteiger partial charge < -0.3 is 4.74 Å². The third-order valence-electron chi connectivity index (χ3n) is 1.74. The lowest BCUT2D eigenvalue weighted by molar-refractivity contribution is -0.231. The summed E-state index contributed by atoms with van der Waals surface area (Å²) in [5.74, 6) is -0.170. The van der Waals surface area contributed by atoms with E-state index in [0.29, 0.717) is 12.5 Å². The van der Waals surface area contributed by atoms with Gasteiger partial charge in [0.15, 0.2) is 9.84 Å². The number of nitrogens with zero attached hydrogens (tertiary/aromatic N) is 2. The normalized spacial score (nSPS) is 21.9. The van der Waals surface area contributed by atoms with Crippen LogP contribution in [0, 0.1) is 0 Å². The summed E-state index contributed by atoms with van der Waals surface area (Å²) >= 11 is 0. The molecule has 0 saturated heterocycles. The number of rotatable bonds is 1. The molecule has 0 fully saturated rings. The van der Waals surface area contributed by atoms with E-state index < -0.39 is 21.6 Å². The van der Waals surface area contributed by atoms with Gasteiger partial charge in [-0.2, -0.15) is 0 Å². The first-order chi connectivity index (χ1) is 7.16. The first kappa shape index (κ1) is 12.8. The van der Waals surface area contributed by atoms with Gasteiger partial charge in [-0.1, -0.05) is 0 Å². The fraction of sp³-hybridized carbons (Fsp3) is 0.571. The van der Waals surface area contributed by atoms with E-state index in [9.17, 15) is 21.6 Å². The molecule has 1 aliphatic rings. The number of ether oxygens (including phenoxy) is 1. The fourth-order valence-electron chi connectivity index (χ4n) is 1.06. The Balaban J connectivity index is 3.16. The third-order valence-corrected chi connectivity index (χ3v) is 2.84. The number of halogens is 3. The molecule has 0 bridgehead atoms. The van der Waals surface area contributed by atoms with Gasteiger partial charge in [0.2, 0.25) is 11.4 Å². The van der Waals surface area contributed by atoms with Crippen LogP contribution in [0.5, 0.6) is 0 Å². The van der Waals surface area contributed by atoms with Crippen molar-refractivity contribution in [2.24, 2.45) is 4.99 Å². The van der Waals surface area contributed by atoms with Crippen LogP contribution >= 0.6 is 0 Å². The summed E-state index contributed by atoms with van der Waals surface area (Å²) in [4.78, 5) is 3.04. The molecular formula is C7H9F3N2O3S. The summed E-state index contributed by atoms with van der Waals surface area (Å²) < 4.78 is 64.3. The average Bonchev–Trinajstić information content (AvgIpc) is 2.14. The minimum absolute atomic E-state index is 0.170. The molecule has 0 aromatic carbocycles. The van der Waals surface area contributed by atoms with E-state index in [0.717, 1.165) is 6.08 Å². The van der Waals surface area contributed by atoms with E-state index in [4.69, 9.17) is 0 Å². The second-order valence-electron chi connectivity index (χ2n) is 3.02. The predicted molar refractivity (Wildman–Crippen MR) is 50.1 cm³/mol. The molecule has 1 heterocycles. The Hall–Kier alpha value is -1.25. The SMILES string of the molecule is COC1=NC(S(C)(=O)=O)N(C(F)(F)F)C=C1. The molecule has 1 rings (SSSR count). The molecule has 0 aromatic heterocycles. The van der Waals surface area contributed by atoms with Crippen LogP contribution in [0.25, 0.3) is 0 Å². The van der Waals surface area contributed by atoms with Gasteiger partial charge in [0.1, 0.15) is 0 Å². The molecule has 1 aliphatic heterocycles. The van der Waals surface area contributed by atoms with Crippen molar-refractivity contribution in [3.63, 3.8) is 0 Å². The average molecular weight is 258 g/mol. The molecule has 0 N–H and O–H groups in total. The van der Waals surface area contributed by atoms with Crippen LogP contribution in [0.4, 0.5) is 13.2 Å². The Labute approximate surface area is 90.1 Å². The largest absolute Gasteiger partial charge is 0.486 e. The second kappa shape index (κ2) is 3.96. The fourth-order valence-corrected chi connectivity index (χ4v) is 1.96. The van der Waals surface area contributed by atoms with Crippen molar-refractivity contribution in [1.82, 2.24) is 4.90 Å². The van der Waals surface area contributed by atoms with Gasteiger partial charge in [0.05, 0.1) is 7.11 Å². The highest BCUT2D eigenvalue weighted by Gasteiger charge is 2.45. The number of sulfone groups is 1. The van der Waals surface area contributed by atoms with Gasteiger partial charge in [0.25, 0.3) is 0 Å². The van der Waals surface area contributed by atoms with Gasteiger partial charge in [0, 0.05) is 18.5 Å². The zero-order valence-electron chi connectivity index (χ0n) is 8.39. The molecule has 92 valence electrons. The molecule has 16 heavy (non-hydrogen) atoms. The topological polar surface area (TPSA) is 59.0 Å². The maximum absolute atomic E-state index is 12.5. The van der Waals surface area contributed by atoms with Crippen LogP contribution in [-0.4, -0.2) is 44.4 Å². The highest BCUT2D eigenvalue weighted by Crippen LogP contribution is 2.28. The molecule has 0 aromatic rings. The smallest absolute Gasteiger partial charge is 0.481 e. The Kier molecular flexibility index (Phi) is 3.17. The van der Waals surface area contributed by atoms with E-state index in [-0.39, 0.29) is 10.8 Å². The van der Waals surface area contributed by atoms with E-state index >= 15 is 0 Å². The summed E-state index contributed by atoms with van der Waals surface area (Å²) in [6, 6.07) is 0. The van der Waals surface area contributed by atoms with Crippen molar-refractivity contribution in [3.8, 4) is 0 Å². The van der Waals surface area contributed by atoms with E-state index in [1.54, 1.807) is 0 Å². The van der Waals surface area contributed by atoms with Crippen LogP contribution in [0.15, 0.2) is 17.3 Å². The Morgan fingerprint density at radius 2 is 2.06 bits per heavy atom. The lowest BCUT2D eigenvalue weighted by Gasteiger charge is -2.30. The maximum Gasteiger partial charge on any atom is 0.486 e. The van der Waals surface area contributed by atoms with Crippen LogP contribution in [0.1, 0.15) is 0 Å². The van der Waals surface area contributed by atoms with Gasteiger partial charge >= 0.3 is 6.30 Å². The molecule has 0 amide bonds. The molecule has 0 radical (unpaired) electrons. The minimum Gasteiger partial charge on any atom is -0.481 e. The maximum atomic E-state index is 12.5. The molecule has 0 spiro atoms. The van der Waals surface area contributed by atoms with Gasteiger partial charge in [-0.25, -0.2) is 13.4 Å². The number of aliphatic imine (C=N–C) groups is 1. The zero-order valence-corrected chi connectivity index (χ0v) is 9.21. The Morgan fingerprint density at radius 3 is 2.44 bits per heavy atom. The van der Waals surface area contributed by atoms with Crippen LogP contribution in [-0.2, 0) is 14.6 Å². The minimum atomic E-state index is -4.81. The molecule has 5 nitrogen and oxygen atoms in total. The quantitative estimate of drug-likeness (QED) is 0.650. The summed E-state index contributed by atoms with van der Waals surface area (Å²) in [5.41, 5.74) is -2.03. The molecular weight excluding hydrogens is 249 g/mol. The monoisotopic (exact) mass is 258 g/mol. The summed E-state index contributed by atoms with van der Waals surface area (Å²) in [6.07, 6.45) is -2.62. The van der Waals surface area contributed by atoms with Crippen molar-refractivity contribution in [2.75, 3.05) is 13.4 Å². The number of alkyl halides is 3. The van der Waals surface area contributed by atoms with E-state index in [1.165, 1.54) is 7.11 Å². The van der Waals surface area contributed by atoms with Gasteiger partial charge in [-0.3, -0.25) is 4.90 Å². The zero-order chi connectivity index (χ0) is 12.6. The summed E-state index contributed by atoms with van der Waals surface area (Å²) in [5, 5.41) is 0. The first-order valence-corrected chi connectivity index (χ1v) is 5.95. The van der Waals surface area contributed by atoms with Crippen molar-refractivity contribution in [3.05, 3.63) is 12.3 Å². The number of methoxy groups -OCH3 is 1. The Morgan fingerprint density at radius 1 is 1.50 bits per heavy atom. The molecule has 0 saturated carbocycles. The first-order valence-electron chi connectivity index (χ1n) is 4.00. The van der Waals surface area contributed by atoms with Crippen molar-refractivity contribution in [1.29, 1.82) is 0 Å². The van der Waals surface area contributed by atoms with Gasteiger partial charge in [-0.05, 0) is 0 Å². The standard InChI is InChI=1S/C7H9F3N2O3S/c1-15-5-3-4-12(7(8,9)10)6(11-5)16(2,13)14/h3-4,6H,1-2H3. The molecule has 1 unspecified atom stereocenters. The molecule has 1 atom stereocenters. The summed E-state index contributed by atoms with van der Waals surface area (Å²) in [6.45, 7) is 0. The van der Waals surface area contributed by atoms with E-state index in [2.05, 4.69) is 9.73 Å². The highest BCUT2D eigenvalue weighted by molar-refractivity contribution is 7.91. The van der Waals surface area contributed by atoms with Crippen LogP contribution in [0.2, 0.25) is 0 Å². The predicted octanol–water partition coefficient (Wildman–Crippen LogP) is 0.709. The molecule has 0 aliphatic carbocycles. The number of hydrogen-bond acceptors (Lipinski definition) is 5. The van der Waals surface area contributed by atoms with Crippen LogP contribution < -0.4 is 0 Å². The Bertz CT molecular complexity index is 427. The lowest BCUT2D eigenvalue weighted by Crippen LogP contribution is -2.46. The highest BCUT2D eigenvalue weighted by atomic mass is 32.2. The van der Waals surface area contributed by atoms with E-state index in [1.807, 2.05) is 0 Å². The van der Waals surface area contributed by atoms with Crippen LogP contribution in [0.3, 0.4) is 0 Å². The lowest BCUT2D eigenvalue weighted by atomic mass is 10.5. The van der Waals surface area contributed by atoms with Crippen molar-refractivity contribution < 1.29 is 26.3 Å². The van der Waals surface area contributed by atoms with Gasteiger partial charge in [-0.15, -0.1) is 13.2 Å². The number of hydrogen-bond donors (Lipinski definition) is 0. The van der Waals surface area contributed by atoms with Crippen molar-refractivity contribution >= 4 is 15.7 Å². The second-order valence-corrected chi connectivity index (χ2v) is 5.10. The molecule has 9 heteroatoms. The van der Waals surface area contributed by atoms with Crippen molar-refractivity contribution in [2.45, 2.75) is 11.8 Å². The third kappa shape index (κ3) is 2.65.